The molecule has 10 aromatic rings. The van der Waals surface area contributed by atoms with E-state index < -0.39 is 0 Å². The maximum Gasteiger partial charge on any atom is 0.246 e. The van der Waals surface area contributed by atoms with Crippen molar-refractivity contribution in [2.75, 3.05) is 21.7 Å². The van der Waals surface area contributed by atoms with Gasteiger partial charge in [0.1, 0.15) is 0 Å². The van der Waals surface area contributed by atoms with Crippen molar-refractivity contribution in [1.82, 2.24) is 0 Å². The van der Waals surface area contributed by atoms with Gasteiger partial charge in [-0.25, -0.2) is 0 Å². The first kappa shape index (κ1) is 33.1. The molecule has 0 spiro atoms. The lowest BCUT2D eigenvalue weighted by molar-refractivity contribution is 1.23. The first-order valence-corrected chi connectivity index (χ1v) is 19.7. The second-order valence-electron chi connectivity index (χ2n) is 15.0. The van der Waals surface area contributed by atoms with Crippen molar-refractivity contribution in [3.8, 4) is 0 Å². The van der Waals surface area contributed by atoms with Crippen molar-refractivity contribution in [1.29, 1.82) is 0 Å². The van der Waals surface area contributed by atoms with E-state index in [-0.39, 0.29) is 6.71 Å². The van der Waals surface area contributed by atoms with Crippen LogP contribution in [0.25, 0.3) is 32.3 Å². The number of anilines is 8. The number of rotatable bonds is 7. The summed E-state index contributed by atoms with van der Waals surface area (Å²) in [5.74, 6) is 0. The Morgan fingerprint density at radius 3 is 1.35 bits per heavy atom. The summed E-state index contributed by atoms with van der Waals surface area (Å²) < 4.78 is 0. The molecule has 1 aliphatic heterocycles. The van der Waals surface area contributed by atoms with E-state index in [1.807, 2.05) is 0 Å². The summed E-state index contributed by atoms with van der Waals surface area (Å²) in [5.41, 5.74) is 13.2. The Kier molecular flexibility index (Phi) is 7.82. The summed E-state index contributed by atoms with van der Waals surface area (Å²) in [7, 11) is 2.24. The number of fused-ring (bicyclic) bond motifs is 3. The molecule has 0 amide bonds. The summed E-state index contributed by atoms with van der Waals surface area (Å²) >= 11 is 0. The highest BCUT2D eigenvalue weighted by atomic mass is 15.2. The van der Waals surface area contributed by atoms with Gasteiger partial charge < -0.3 is 14.7 Å². The largest absolute Gasteiger partial charge is 0.345 e. The van der Waals surface area contributed by atoms with Gasteiger partial charge in [-0.1, -0.05) is 157 Å². The Morgan fingerprint density at radius 1 is 0.386 bits per heavy atom. The highest BCUT2D eigenvalue weighted by Crippen LogP contribution is 2.51. The second-order valence-corrected chi connectivity index (χ2v) is 15.0. The molecule has 1 heterocycles. The van der Waals surface area contributed by atoms with Gasteiger partial charge in [0.2, 0.25) is 6.71 Å². The third kappa shape index (κ3) is 5.29. The Bertz CT molecular complexity index is 2850. The van der Waals surface area contributed by atoms with Crippen molar-refractivity contribution in [2.24, 2.45) is 0 Å². The van der Waals surface area contributed by atoms with Crippen LogP contribution < -0.4 is 31.1 Å². The molecule has 0 saturated heterocycles. The molecule has 0 radical (unpaired) electrons. The Labute approximate surface area is 333 Å². The van der Waals surface area contributed by atoms with Crippen LogP contribution in [0.4, 0.5) is 45.5 Å². The van der Waals surface area contributed by atoms with Crippen LogP contribution in [0.1, 0.15) is 0 Å². The molecule has 0 aromatic heterocycles. The minimum Gasteiger partial charge on any atom is -0.345 e. The van der Waals surface area contributed by atoms with Crippen LogP contribution in [-0.4, -0.2) is 13.8 Å². The maximum absolute atomic E-state index is 2.48. The van der Waals surface area contributed by atoms with Gasteiger partial charge in [-0.05, 0) is 82.4 Å². The van der Waals surface area contributed by atoms with Crippen molar-refractivity contribution in [3.63, 3.8) is 0 Å². The second kappa shape index (κ2) is 13.5. The van der Waals surface area contributed by atoms with Crippen LogP contribution in [-0.2, 0) is 0 Å². The molecule has 1 aliphatic rings. The number of hydrogen-bond acceptors (Lipinski definition) is 3. The molecule has 0 aliphatic carbocycles. The predicted molar refractivity (Wildman–Crippen MR) is 245 cm³/mol. The van der Waals surface area contributed by atoms with E-state index in [0.29, 0.717) is 0 Å². The molecule has 0 atom stereocenters. The van der Waals surface area contributed by atoms with Gasteiger partial charge in [0.15, 0.2) is 0 Å². The van der Waals surface area contributed by atoms with E-state index in [1.165, 1.54) is 60.1 Å². The van der Waals surface area contributed by atoms with Gasteiger partial charge >= 0.3 is 0 Å². The summed E-state index contributed by atoms with van der Waals surface area (Å²) in [4.78, 5) is 7.28. The van der Waals surface area contributed by atoms with E-state index in [0.717, 1.165) is 34.1 Å². The summed E-state index contributed by atoms with van der Waals surface area (Å²) in [5, 5.41) is 7.47. The summed E-state index contributed by atoms with van der Waals surface area (Å²) in [6.45, 7) is 0.111. The normalized spacial score (nSPS) is 12.2. The van der Waals surface area contributed by atoms with Crippen LogP contribution in [0.2, 0.25) is 0 Å². The number of para-hydroxylation sites is 5. The van der Waals surface area contributed by atoms with Gasteiger partial charge in [0, 0.05) is 62.7 Å². The van der Waals surface area contributed by atoms with E-state index in [1.54, 1.807) is 0 Å². The van der Waals surface area contributed by atoms with Crippen LogP contribution >= 0.6 is 0 Å². The quantitative estimate of drug-likeness (QED) is 0.120. The molecule has 0 bridgehead atoms. The molecule has 0 N–H and O–H groups in total. The molecule has 0 saturated carbocycles. The lowest BCUT2D eigenvalue weighted by Gasteiger charge is -2.36. The Hall–Kier alpha value is -7.30. The summed E-state index contributed by atoms with van der Waals surface area (Å²) in [6, 6.07) is 77.4. The number of hydrogen-bond donors (Lipinski definition) is 0. The highest BCUT2D eigenvalue weighted by Gasteiger charge is 2.35. The standard InChI is InChI=1S/C53H38BN3/c1-55-48-30-18-17-29-46(48)54(38-19-7-2-8-20-38)47-35-37-31-32-43-49(56(39-21-9-3-10-22-39)40-23-11-4-12-24-40)36-50(44-33-34-45(53(47)55)51(37)52(43)44)57(41-25-13-5-14-26-41)42-27-15-6-16-28-42/h2-36H,1H3. The zero-order valence-electron chi connectivity index (χ0n) is 31.6. The zero-order valence-corrected chi connectivity index (χ0v) is 31.6. The van der Waals surface area contributed by atoms with Gasteiger partial charge in [-0.15, -0.1) is 0 Å². The van der Waals surface area contributed by atoms with E-state index in [9.17, 15) is 0 Å². The summed E-state index contributed by atoms with van der Waals surface area (Å²) in [6.07, 6.45) is 0. The highest BCUT2D eigenvalue weighted by molar-refractivity contribution is 6.98. The van der Waals surface area contributed by atoms with Crippen molar-refractivity contribution >= 4 is 101 Å². The van der Waals surface area contributed by atoms with Crippen molar-refractivity contribution in [2.45, 2.75) is 0 Å². The van der Waals surface area contributed by atoms with Gasteiger partial charge in [0.25, 0.3) is 0 Å². The topological polar surface area (TPSA) is 9.72 Å². The molecular formula is C53H38BN3. The maximum atomic E-state index is 2.48. The smallest absolute Gasteiger partial charge is 0.246 e. The Balaban J connectivity index is 1.28. The fraction of sp³-hybridized carbons (Fsp3) is 0.0189. The van der Waals surface area contributed by atoms with E-state index in [4.69, 9.17) is 0 Å². The molecule has 268 valence electrons. The predicted octanol–water partition coefficient (Wildman–Crippen LogP) is 12.1. The average Bonchev–Trinajstić information content (AvgIpc) is 3.28. The molecule has 10 aromatic carbocycles. The molecule has 4 heteroatoms. The fourth-order valence-corrected chi connectivity index (χ4v) is 9.40. The minimum atomic E-state index is 0.111. The number of nitrogens with zero attached hydrogens (tertiary/aromatic N) is 3. The van der Waals surface area contributed by atoms with Crippen LogP contribution in [0, 0.1) is 0 Å². The molecule has 0 fully saturated rings. The van der Waals surface area contributed by atoms with Gasteiger partial charge in [0.05, 0.1) is 11.4 Å². The van der Waals surface area contributed by atoms with Crippen LogP contribution in [0.15, 0.2) is 212 Å². The minimum absolute atomic E-state index is 0.111. The molecule has 57 heavy (non-hydrogen) atoms. The monoisotopic (exact) mass is 727 g/mol. The first-order valence-electron chi connectivity index (χ1n) is 19.7. The third-order valence-electron chi connectivity index (χ3n) is 11.8. The SMILES string of the molecule is CN1c2ccccc2B(c2ccccc2)c2cc3ccc4c(N(c5ccccc5)c5ccccc5)cc(N(c5ccccc5)c5ccccc5)c5ccc(c21)c3c45. The van der Waals surface area contributed by atoms with Crippen LogP contribution in [0.3, 0.4) is 0 Å². The molecular weight excluding hydrogens is 689 g/mol. The lowest BCUT2D eigenvalue weighted by Crippen LogP contribution is -2.57. The average molecular weight is 728 g/mol. The lowest BCUT2D eigenvalue weighted by atomic mass is 9.35. The third-order valence-corrected chi connectivity index (χ3v) is 11.8. The zero-order chi connectivity index (χ0) is 37.9. The molecule has 0 unspecified atom stereocenters. The van der Waals surface area contributed by atoms with Gasteiger partial charge in [-0.2, -0.15) is 0 Å². The Morgan fingerprint density at radius 2 is 0.825 bits per heavy atom. The molecule has 3 nitrogen and oxygen atoms in total. The number of benzene rings is 10. The van der Waals surface area contributed by atoms with Crippen molar-refractivity contribution < 1.29 is 0 Å². The van der Waals surface area contributed by atoms with Crippen LogP contribution in [0.5, 0.6) is 0 Å². The van der Waals surface area contributed by atoms with Crippen molar-refractivity contribution in [3.05, 3.63) is 212 Å². The van der Waals surface area contributed by atoms with E-state index in [2.05, 4.69) is 234 Å². The molecule has 11 rings (SSSR count). The fourth-order valence-electron chi connectivity index (χ4n) is 9.40. The first-order chi connectivity index (χ1) is 28.2. The van der Waals surface area contributed by atoms with E-state index >= 15 is 0 Å². The van der Waals surface area contributed by atoms with Gasteiger partial charge in [-0.3, -0.25) is 0 Å².